The van der Waals surface area contributed by atoms with E-state index in [1.165, 1.54) is 11.3 Å². The minimum atomic E-state index is -0.0345. The van der Waals surface area contributed by atoms with Crippen LogP contribution in [0.15, 0.2) is 24.3 Å². The zero-order valence-corrected chi connectivity index (χ0v) is 12.2. The molecule has 1 aliphatic heterocycles. The average molecular weight is 290 g/mol. The van der Waals surface area contributed by atoms with Crippen molar-refractivity contribution in [2.75, 3.05) is 12.3 Å². The number of ether oxygens (including phenoxy) is 1. The fourth-order valence-electron chi connectivity index (χ4n) is 2.54. The molecule has 2 unspecified atom stereocenters. The lowest BCUT2D eigenvalue weighted by Gasteiger charge is -2.19. The molecular weight excluding hydrogens is 272 g/mol. The number of nitrogens with one attached hydrogen (secondary N) is 1. The molecule has 4 nitrogen and oxygen atoms in total. The molecule has 1 amide bonds. The molecule has 3 rings (SSSR count). The van der Waals surface area contributed by atoms with Gasteiger partial charge in [0, 0.05) is 17.0 Å². The number of nitrogens with two attached hydrogens (primary N) is 1. The number of amides is 1. The standard InChI is InChI=1S/C15H18N2O2S/c1-9(12-3-2-6-19-12)17-15(18)14-8-10-7-11(16)4-5-13(10)20-14/h4-5,7-9,12H,2-3,6,16H2,1H3,(H,17,18). The van der Waals surface area contributed by atoms with Crippen LogP contribution in [0.3, 0.4) is 0 Å². The number of fused-ring (bicyclic) bond motifs is 1. The normalized spacial score (nSPS) is 20.1. The van der Waals surface area contributed by atoms with Crippen LogP contribution in [0.1, 0.15) is 29.4 Å². The van der Waals surface area contributed by atoms with Crippen LogP contribution in [0.4, 0.5) is 5.69 Å². The van der Waals surface area contributed by atoms with Gasteiger partial charge >= 0.3 is 0 Å². The van der Waals surface area contributed by atoms with Crippen molar-refractivity contribution in [1.82, 2.24) is 5.32 Å². The Morgan fingerprint density at radius 3 is 3.10 bits per heavy atom. The summed E-state index contributed by atoms with van der Waals surface area (Å²) in [5.41, 5.74) is 6.48. The van der Waals surface area contributed by atoms with Crippen molar-refractivity contribution in [3.8, 4) is 0 Å². The highest BCUT2D eigenvalue weighted by Crippen LogP contribution is 2.27. The van der Waals surface area contributed by atoms with E-state index in [0.29, 0.717) is 0 Å². The molecule has 0 bridgehead atoms. The molecular formula is C15H18N2O2S. The third kappa shape index (κ3) is 2.64. The Balaban J connectivity index is 1.74. The Labute approximate surface area is 121 Å². The van der Waals surface area contributed by atoms with Gasteiger partial charge < -0.3 is 15.8 Å². The van der Waals surface area contributed by atoms with Crippen LogP contribution in [0.2, 0.25) is 0 Å². The lowest BCUT2D eigenvalue weighted by molar-refractivity contribution is 0.0714. The minimum Gasteiger partial charge on any atom is -0.399 e. The number of thiophene rings is 1. The van der Waals surface area contributed by atoms with Crippen LogP contribution < -0.4 is 11.1 Å². The third-order valence-electron chi connectivity index (χ3n) is 3.65. The third-order valence-corrected chi connectivity index (χ3v) is 4.76. The number of anilines is 1. The van der Waals surface area contributed by atoms with Gasteiger partial charge in [-0.2, -0.15) is 0 Å². The zero-order chi connectivity index (χ0) is 14.1. The van der Waals surface area contributed by atoms with Gasteiger partial charge in [-0.15, -0.1) is 11.3 Å². The predicted octanol–water partition coefficient (Wildman–Crippen LogP) is 2.78. The van der Waals surface area contributed by atoms with Crippen molar-refractivity contribution in [3.63, 3.8) is 0 Å². The molecule has 2 atom stereocenters. The van der Waals surface area contributed by atoms with E-state index in [1.807, 2.05) is 31.2 Å². The Kier molecular flexibility index (Phi) is 3.63. The highest BCUT2D eigenvalue weighted by molar-refractivity contribution is 7.20. The summed E-state index contributed by atoms with van der Waals surface area (Å²) in [6.45, 7) is 2.80. The van der Waals surface area contributed by atoms with Gasteiger partial charge in [0.05, 0.1) is 17.0 Å². The summed E-state index contributed by atoms with van der Waals surface area (Å²) in [5.74, 6) is -0.0345. The van der Waals surface area contributed by atoms with Crippen molar-refractivity contribution in [2.24, 2.45) is 0 Å². The summed E-state index contributed by atoms with van der Waals surface area (Å²) in [6.07, 6.45) is 2.24. The zero-order valence-electron chi connectivity index (χ0n) is 11.4. The van der Waals surface area contributed by atoms with Gasteiger partial charge in [0.1, 0.15) is 0 Å². The van der Waals surface area contributed by atoms with Crippen molar-refractivity contribution < 1.29 is 9.53 Å². The largest absolute Gasteiger partial charge is 0.399 e. The van der Waals surface area contributed by atoms with Crippen LogP contribution in [0, 0.1) is 0 Å². The fraction of sp³-hybridized carbons (Fsp3) is 0.400. The van der Waals surface area contributed by atoms with Crippen molar-refractivity contribution >= 4 is 33.0 Å². The second-order valence-corrected chi connectivity index (χ2v) is 6.31. The van der Waals surface area contributed by atoms with Gasteiger partial charge in [-0.25, -0.2) is 0 Å². The molecule has 2 aromatic rings. The smallest absolute Gasteiger partial charge is 0.261 e. The van der Waals surface area contributed by atoms with E-state index in [9.17, 15) is 4.79 Å². The lowest BCUT2D eigenvalue weighted by atomic mass is 10.1. The summed E-state index contributed by atoms with van der Waals surface area (Å²) < 4.78 is 6.68. The van der Waals surface area contributed by atoms with E-state index in [-0.39, 0.29) is 18.1 Å². The van der Waals surface area contributed by atoms with E-state index in [2.05, 4.69) is 5.32 Å². The van der Waals surface area contributed by atoms with E-state index in [4.69, 9.17) is 10.5 Å². The Hall–Kier alpha value is -1.59. The summed E-state index contributed by atoms with van der Waals surface area (Å²) in [6, 6.07) is 7.64. The number of rotatable bonds is 3. The van der Waals surface area contributed by atoms with Gasteiger partial charge in [0.15, 0.2) is 0 Å². The number of carbonyl (C=O) groups excluding carboxylic acids is 1. The summed E-state index contributed by atoms with van der Waals surface area (Å²) in [7, 11) is 0. The highest BCUT2D eigenvalue weighted by Gasteiger charge is 2.24. The number of carbonyl (C=O) groups is 1. The van der Waals surface area contributed by atoms with E-state index in [0.717, 1.165) is 40.1 Å². The van der Waals surface area contributed by atoms with Crippen LogP contribution in [0.25, 0.3) is 10.1 Å². The maximum absolute atomic E-state index is 12.3. The Bertz CT molecular complexity index is 632. The maximum Gasteiger partial charge on any atom is 0.261 e. The van der Waals surface area contributed by atoms with Crippen LogP contribution in [0.5, 0.6) is 0 Å². The van der Waals surface area contributed by atoms with Gasteiger partial charge in [0.25, 0.3) is 5.91 Å². The molecule has 0 radical (unpaired) electrons. The molecule has 1 aliphatic rings. The molecule has 3 N–H and O–H groups in total. The van der Waals surface area contributed by atoms with Gasteiger partial charge in [-0.3, -0.25) is 4.79 Å². The molecule has 106 valence electrons. The molecule has 1 aromatic heterocycles. The van der Waals surface area contributed by atoms with Crippen LogP contribution in [-0.4, -0.2) is 24.7 Å². The average Bonchev–Trinajstić information content (AvgIpc) is 3.07. The number of hydrogen-bond donors (Lipinski definition) is 2. The molecule has 1 fully saturated rings. The van der Waals surface area contributed by atoms with Gasteiger partial charge in [-0.1, -0.05) is 0 Å². The topological polar surface area (TPSA) is 64.4 Å². The van der Waals surface area contributed by atoms with E-state index < -0.39 is 0 Å². The summed E-state index contributed by atoms with van der Waals surface area (Å²) >= 11 is 1.49. The minimum absolute atomic E-state index is 0.0345. The lowest BCUT2D eigenvalue weighted by Crippen LogP contribution is -2.40. The molecule has 20 heavy (non-hydrogen) atoms. The molecule has 1 saturated heterocycles. The van der Waals surface area contributed by atoms with E-state index in [1.54, 1.807) is 0 Å². The predicted molar refractivity (Wildman–Crippen MR) is 82.1 cm³/mol. The van der Waals surface area contributed by atoms with Crippen LogP contribution >= 0.6 is 11.3 Å². The Morgan fingerprint density at radius 2 is 2.35 bits per heavy atom. The molecule has 0 saturated carbocycles. The quantitative estimate of drug-likeness (QED) is 0.854. The first kappa shape index (κ1) is 13.4. The molecule has 2 heterocycles. The summed E-state index contributed by atoms with van der Waals surface area (Å²) in [5, 5.41) is 4.05. The monoisotopic (exact) mass is 290 g/mol. The SMILES string of the molecule is CC(NC(=O)c1cc2cc(N)ccc2s1)C1CCCO1. The number of hydrogen-bond acceptors (Lipinski definition) is 4. The van der Waals surface area contributed by atoms with Crippen molar-refractivity contribution in [1.29, 1.82) is 0 Å². The first-order valence-electron chi connectivity index (χ1n) is 6.85. The molecule has 0 spiro atoms. The van der Waals surface area contributed by atoms with Crippen molar-refractivity contribution in [3.05, 3.63) is 29.1 Å². The van der Waals surface area contributed by atoms with E-state index >= 15 is 0 Å². The molecule has 0 aliphatic carbocycles. The second-order valence-electron chi connectivity index (χ2n) is 5.22. The van der Waals surface area contributed by atoms with Gasteiger partial charge in [-0.05, 0) is 49.4 Å². The second kappa shape index (κ2) is 5.42. The first-order chi connectivity index (χ1) is 9.63. The molecule has 5 heteroatoms. The Morgan fingerprint density at radius 1 is 1.50 bits per heavy atom. The highest BCUT2D eigenvalue weighted by atomic mass is 32.1. The number of nitrogen functional groups attached to an aromatic ring is 1. The van der Waals surface area contributed by atoms with Crippen molar-refractivity contribution in [2.45, 2.75) is 31.9 Å². The first-order valence-corrected chi connectivity index (χ1v) is 7.66. The maximum atomic E-state index is 12.3. The molecule has 1 aromatic carbocycles. The van der Waals surface area contributed by atoms with Gasteiger partial charge in [0.2, 0.25) is 0 Å². The fourth-order valence-corrected chi connectivity index (χ4v) is 3.49. The summed E-state index contributed by atoms with van der Waals surface area (Å²) in [4.78, 5) is 13.0. The van der Waals surface area contributed by atoms with Crippen LogP contribution in [-0.2, 0) is 4.74 Å². The number of benzene rings is 1.